The lowest BCUT2D eigenvalue weighted by atomic mass is 10.2. The van der Waals surface area contributed by atoms with Crippen molar-refractivity contribution < 1.29 is 10.2 Å². The third-order valence-corrected chi connectivity index (χ3v) is 2.95. The van der Waals surface area contributed by atoms with Crippen molar-refractivity contribution in [2.45, 2.75) is 6.54 Å². The summed E-state index contributed by atoms with van der Waals surface area (Å²) < 4.78 is 1.81. The van der Waals surface area contributed by atoms with Crippen molar-refractivity contribution in [3.05, 3.63) is 35.5 Å². The third kappa shape index (κ3) is 3.07. The largest absolute Gasteiger partial charge is 0.395 e. The number of hydrogen-bond donors (Lipinski definition) is 3. The smallest absolute Gasteiger partial charge is 0.171 e. The summed E-state index contributed by atoms with van der Waals surface area (Å²) in [6, 6.07) is 9.63. The maximum atomic E-state index is 9.18. The molecule has 1 aromatic carbocycles. The molecule has 0 spiro atoms. The fourth-order valence-corrected chi connectivity index (χ4v) is 2.14. The Morgan fingerprint density at radius 3 is 2.53 bits per heavy atom. The van der Waals surface area contributed by atoms with Crippen molar-refractivity contribution in [3.8, 4) is 11.4 Å². The molecule has 2 aromatic rings. The molecule has 0 saturated heterocycles. The molecule has 0 radical (unpaired) electrons. The molecule has 2 rings (SSSR count). The standard InChI is InChI=1S/C13H16ClN3O2/c14-11-13(15-6-8-18)17(7-9-19)12(16-11)10-4-2-1-3-5-10/h1-5,15,18-19H,6-9H2. The van der Waals surface area contributed by atoms with Crippen LogP contribution >= 0.6 is 11.6 Å². The first-order valence-corrected chi connectivity index (χ1v) is 6.42. The SMILES string of the molecule is OCCNc1c(Cl)nc(-c2ccccc2)n1CCO. The van der Waals surface area contributed by atoms with Crippen LogP contribution < -0.4 is 5.32 Å². The van der Waals surface area contributed by atoms with Gasteiger partial charge in [-0.1, -0.05) is 41.9 Å². The molecular weight excluding hydrogens is 266 g/mol. The van der Waals surface area contributed by atoms with Gasteiger partial charge in [-0.15, -0.1) is 0 Å². The predicted molar refractivity (Wildman–Crippen MR) is 75.3 cm³/mol. The highest BCUT2D eigenvalue weighted by atomic mass is 35.5. The van der Waals surface area contributed by atoms with Crippen LogP contribution in [-0.2, 0) is 6.54 Å². The van der Waals surface area contributed by atoms with E-state index < -0.39 is 0 Å². The number of benzene rings is 1. The molecule has 0 unspecified atom stereocenters. The van der Waals surface area contributed by atoms with Crippen LogP contribution in [-0.4, -0.2) is 39.5 Å². The lowest BCUT2D eigenvalue weighted by Crippen LogP contribution is -2.13. The lowest BCUT2D eigenvalue weighted by Gasteiger charge is -2.11. The summed E-state index contributed by atoms with van der Waals surface area (Å²) >= 11 is 6.11. The minimum Gasteiger partial charge on any atom is -0.395 e. The minimum atomic E-state index is -0.0136. The van der Waals surface area contributed by atoms with Crippen molar-refractivity contribution in [1.82, 2.24) is 9.55 Å². The van der Waals surface area contributed by atoms with Crippen LogP contribution in [0.4, 0.5) is 5.82 Å². The normalized spacial score (nSPS) is 10.7. The quantitative estimate of drug-likeness (QED) is 0.752. The molecule has 1 heterocycles. The number of aromatic nitrogens is 2. The van der Waals surface area contributed by atoms with Crippen molar-refractivity contribution in [3.63, 3.8) is 0 Å². The van der Waals surface area contributed by atoms with E-state index in [1.54, 1.807) is 0 Å². The van der Waals surface area contributed by atoms with E-state index in [0.717, 1.165) is 5.56 Å². The first-order chi connectivity index (χ1) is 9.27. The van der Waals surface area contributed by atoms with Crippen LogP contribution in [0.25, 0.3) is 11.4 Å². The first kappa shape index (κ1) is 13.9. The summed E-state index contributed by atoms with van der Waals surface area (Å²) in [4.78, 5) is 4.33. The molecule has 5 nitrogen and oxygen atoms in total. The van der Waals surface area contributed by atoms with Crippen molar-refractivity contribution >= 4 is 17.4 Å². The molecule has 19 heavy (non-hydrogen) atoms. The highest BCUT2D eigenvalue weighted by Crippen LogP contribution is 2.29. The van der Waals surface area contributed by atoms with Crippen LogP contribution in [0.1, 0.15) is 0 Å². The van der Waals surface area contributed by atoms with Gasteiger partial charge in [-0.05, 0) is 0 Å². The van der Waals surface area contributed by atoms with Gasteiger partial charge in [-0.2, -0.15) is 0 Å². The zero-order chi connectivity index (χ0) is 13.7. The van der Waals surface area contributed by atoms with Gasteiger partial charge in [-0.25, -0.2) is 4.98 Å². The number of rotatable bonds is 6. The fourth-order valence-electron chi connectivity index (χ4n) is 1.89. The molecule has 0 aliphatic heterocycles. The van der Waals surface area contributed by atoms with E-state index in [1.807, 2.05) is 34.9 Å². The fraction of sp³-hybridized carbons (Fsp3) is 0.308. The Bertz CT molecular complexity index is 528. The van der Waals surface area contributed by atoms with E-state index in [4.69, 9.17) is 16.7 Å². The van der Waals surface area contributed by atoms with Gasteiger partial charge in [0.2, 0.25) is 0 Å². The van der Waals surface area contributed by atoms with Crippen LogP contribution in [0.5, 0.6) is 0 Å². The average molecular weight is 282 g/mol. The van der Waals surface area contributed by atoms with Crippen LogP contribution in [0.3, 0.4) is 0 Å². The second kappa shape index (κ2) is 6.56. The molecule has 6 heteroatoms. The van der Waals surface area contributed by atoms with Crippen molar-refractivity contribution in [2.24, 2.45) is 0 Å². The Morgan fingerprint density at radius 1 is 1.16 bits per heavy atom. The molecule has 102 valence electrons. The van der Waals surface area contributed by atoms with Crippen molar-refractivity contribution in [1.29, 1.82) is 0 Å². The third-order valence-electron chi connectivity index (χ3n) is 2.68. The topological polar surface area (TPSA) is 70.3 Å². The molecule has 0 atom stereocenters. The van der Waals surface area contributed by atoms with Gasteiger partial charge in [0.05, 0.1) is 13.2 Å². The Balaban J connectivity index is 2.43. The van der Waals surface area contributed by atoms with Crippen LogP contribution in [0, 0.1) is 0 Å². The molecule has 1 aromatic heterocycles. The van der Waals surface area contributed by atoms with Gasteiger partial charge in [-0.3, -0.25) is 0 Å². The highest BCUT2D eigenvalue weighted by molar-refractivity contribution is 6.32. The second-order valence-electron chi connectivity index (χ2n) is 3.97. The number of imidazole rings is 1. The Hall–Kier alpha value is -1.56. The highest BCUT2D eigenvalue weighted by Gasteiger charge is 2.16. The summed E-state index contributed by atoms with van der Waals surface area (Å²) in [6.45, 7) is 0.754. The second-order valence-corrected chi connectivity index (χ2v) is 4.32. The summed E-state index contributed by atoms with van der Waals surface area (Å²) in [5.74, 6) is 1.31. The maximum absolute atomic E-state index is 9.18. The molecular formula is C13H16ClN3O2. The summed E-state index contributed by atoms with van der Waals surface area (Å²) in [5.41, 5.74) is 0.926. The van der Waals surface area contributed by atoms with Gasteiger partial charge in [0.15, 0.2) is 5.15 Å². The molecule has 0 fully saturated rings. The van der Waals surface area contributed by atoms with E-state index >= 15 is 0 Å². The van der Waals surface area contributed by atoms with Crippen molar-refractivity contribution in [2.75, 3.05) is 25.1 Å². The average Bonchev–Trinajstić information content (AvgIpc) is 2.75. The molecule has 0 aliphatic carbocycles. The number of aliphatic hydroxyl groups excluding tert-OH is 2. The number of nitrogens with one attached hydrogen (secondary N) is 1. The van der Waals surface area contributed by atoms with Gasteiger partial charge >= 0.3 is 0 Å². The minimum absolute atomic E-state index is 0.00129. The van der Waals surface area contributed by atoms with E-state index in [1.165, 1.54) is 0 Å². The van der Waals surface area contributed by atoms with Gasteiger partial charge < -0.3 is 20.1 Å². The number of hydrogen-bond acceptors (Lipinski definition) is 4. The van der Waals surface area contributed by atoms with E-state index in [2.05, 4.69) is 10.3 Å². The summed E-state index contributed by atoms with van der Waals surface area (Å²) in [6.07, 6.45) is 0. The van der Waals surface area contributed by atoms with E-state index in [0.29, 0.717) is 29.9 Å². The summed E-state index contributed by atoms with van der Waals surface area (Å²) in [5, 5.41) is 21.4. The number of halogens is 1. The number of nitrogens with zero attached hydrogens (tertiary/aromatic N) is 2. The monoisotopic (exact) mass is 281 g/mol. The molecule has 0 saturated carbocycles. The van der Waals surface area contributed by atoms with E-state index in [9.17, 15) is 5.11 Å². The lowest BCUT2D eigenvalue weighted by molar-refractivity contribution is 0.277. The molecule has 0 amide bonds. The Labute approximate surface area is 116 Å². The van der Waals surface area contributed by atoms with Gasteiger partial charge in [0.1, 0.15) is 11.6 Å². The zero-order valence-corrected chi connectivity index (χ0v) is 11.1. The predicted octanol–water partition coefficient (Wildman–Crippen LogP) is 1.60. The first-order valence-electron chi connectivity index (χ1n) is 6.05. The van der Waals surface area contributed by atoms with E-state index in [-0.39, 0.29) is 13.2 Å². The van der Waals surface area contributed by atoms with Crippen LogP contribution in [0.15, 0.2) is 30.3 Å². The Kier molecular flexibility index (Phi) is 4.79. The van der Waals surface area contributed by atoms with Gasteiger partial charge in [0, 0.05) is 18.7 Å². The zero-order valence-electron chi connectivity index (χ0n) is 10.4. The molecule has 3 N–H and O–H groups in total. The summed E-state index contributed by atoms with van der Waals surface area (Å²) in [7, 11) is 0. The molecule has 0 bridgehead atoms. The maximum Gasteiger partial charge on any atom is 0.171 e. The molecule has 0 aliphatic rings. The number of anilines is 1. The van der Waals surface area contributed by atoms with Crippen LogP contribution in [0.2, 0.25) is 5.15 Å². The Morgan fingerprint density at radius 2 is 1.89 bits per heavy atom. The van der Waals surface area contributed by atoms with Gasteiger partial charge in [0.25, 0.3) is 0 Å². The number of aliphatic hydroxyl groups is 2.